The number of nitrogens with zero attached hydrogens (tertiary/aromatic N) is 3. The maximum Gasteiger partial charge on any atom is 0.419 e. The molecule has 3 heterocycles. The zero-order valence-electron chi connectivity index (χ0n) is 25.4. The van der Waals surface area contributed by atoms with Crippen molar-refractivity contribution in [2.45, 2.75) is 69.2 Å². The molecule has 3 atom stereocenters. The molecular weight excluding hydrogens is 620 g/mol. The van der Waals surface area contributed by atoms with Crippen LogP contribution in [0.5, 0.6) is 5.75 Å². The number of carbonyl (C=O) groups is 2. The highest BCUT2D eigenvalue weighted by atomic mass is 19.4. The predicted molar refractivity (Wildman–Crippen MR) is 153 cm³/mol. The van der Waals surface area contributed by atoms with Crippen molar-refractivity contribution in [1.82, 2.24) is 9.80 Å². The van der Waals surface area contributed by atoms with Crippen molar-refractivity contribution >= 4 is 17.6 Å². The number of carbonyl (C=O) groups excluding carboxylic acids is 2. The zero-order chi connectivity index (χ0) is 33.0. The molecule has 0 radical (unpaired) electrons. The number of fused-ring (bicyclic) bond motifs is 1. The molecule has 8 nitrogen and oxygen atoms in total. The Bertz CT molecular complexity index is 1490. The van der Waals surface area contributed by atoms with E-state index in [2.05, 4.69) is 16.7 Å². The van der Waals surface area contributed by atoms with E-state index in [4.69, 9.17) is 14.2 Å². The minimum Gasteiger partial charge on any atom is -0.472 e. The molecule has 46 heavy (non-hydrogen) atoms. The molecule has 0 bridgehead atoms. The molecule has 1 amide bonds. The molecule has 0 spiro atoms. The molecular formula is C32H35F6N3O5. The fourth-order valence-electron chi connectivity index (χ4n) is 7.06. The third-order valence-corrected chi connectivity index (χ3v) is 9.57. The van der Waals surface area contributed by atoms with Gasteiger partial charge in [0.1, 0.15) is 11.4 Å². The summed E-state index contributed by atoms with van der Waals surface area (Å²) in [7, 11) is 1.34. The van der Waals surface area contributed by atoms with E-state index in [-0.39, 0.29) is 36.2 Å². The van der Waals surface area contributed by atoms with Crippen molar-refractivity contribution in [3.8, 4) is 5.75 Å². The quantitative estimate of drug-likeness (QED) is 0.301. The van der Waals surface area contributed by atoms with Gasteiger partial charge >= 0.3 is 18.3 Å². The number of esters is 1. The summed E-state index contributed by atoms with van der Waals surface area (Å²) in [4.78, 5) is 31.7. The van der Waals surface area contributed by atoms with E-state index in [0.29, 0.717) is 31.0 Å². The van der Waals surface area contributed by atoms with E-state index in [9.17, 15) is 35.9 Å². The van der Waals surface area contributed by atoms with Crippen molar-refractivity contribution in [3.05, 3.63) is 58.7 Å². The summed E-state index contributed by atoms with van der Waals surface area (Å²) < 4.78 is 98.1. The van der Waals surface area contributed by atoms with Gasteiger partial charge in [0.2, 0.25) is 0 Å². The van der Waals surface area contributed by atoms with Crippen molar-refractivity contribution < 1.29 is 50.1 Å². The van der Waals surface area contributed by atoms with Crippen molar-refractivity contribution in [3.63, 3.8) is 0 Å². The average molecular weight is 656 g/mol. The Hall–Kier alpha value is -3.52. The van der Waals surface area contributed by atoms with Gasteiger partial charge in [-0.05, 0) is 68.9 Å². The third-order valence-electron chi connectivity index (χ3n) is 9.57. The molecule has 2 aromatic rings. The van der Waals surface area contributed by atoms with Gasteiger partial charge in [-0.3, -0.25) is 9.69 Å². The monoisotopic (exact) mass is 655 g/mol. The lowest BCUT2D eigenvalue weighted by Crippen LogP contribution is -2.61. The fraction of sp³-hybridized carbons (Fsp3) is 0.562. The number of ether oxygens (including phenoxy) is 3. The molecule has 0 N–H and O–H groups in total. The van der Waals surface area contributed by atoms with E-state index in [1.54, 1.807) is 6.07 Å². The number of halogens is 6. The Labute approximate surface area is 262 Å². The fourth-order valence-corrected chi connectivity index (χ4v) is 7.06. The maximum absolute atomic E-state index is 14.0. The van der Waals surface area contributed by atoms with Gasteiger partial charge in [0.15, 0.2) is 6.73 Å². The molecule has 1 saturated carbocycles. The largest absolute Gasteiger partial charge is 0.472 e. The van der Waals surface area contributed by atoms with Gasteiger partial charge in [0.05, 0.1) is 37.0 Å². The Morgan fingerprint density at radius 3 is 2.37 bits per heavy atom. The van der Waals surface area contributed by atoms with Gasteiger partial charge < -0.3 is 24.0 Å². The van der Waals surface area contributed by atoms with Crippen LogP contribution in [0.2, 0.25) is 0 Å². The minimum absolute atomic E-state index is 0.0349. The van der Waals surface area contributed by atoms with Gasteiger partial charge in [-0.2, -0.15) is 26.3 Å². The summed E-state index contributed by atoms with van der Waals surface area (Å²) in [6.45, 7) is 3.57. The van der Waals surface area contributed by atoms with Crippen LogP contribution in [0.15, 0.2) is 36.4 Å². The van der Waals surface area contributed by atoms with E-state index in [1.165, 1.54) is 12.0 Å². The molecule has 1 aliphatic carbocycles. The van der Waals surface area contributed by atoms with Gasteiger partial charge in [-0.1, -0.05) is 6.07 Å². The number of hydrogen-bond donors (Lipinski definition) is 0. The Morgan fingerprint density at radius 2 is 1.76 bits per heavy atom. The summed E-state index contributed by atoms with van der Waals surface area (Å²) in [6, 6.07) is 8.12. The van der Waals surface area contributed by atoms with Gasteiger partial charge in [-0.25, -0.2) is 4.79 Å². The average Bonchev–Trinajstić information content (AvgIpc) is 3.89. The molecule has 6 rings (SSSR count). The number of alkyl halides is 6. The summed E-state index contributed by atoms with van der Waals surface area (Å²) in [6.07, 6.45) is -7.54. The highest BCUT2D eigenvalue weighted by molar-refractivity contribution is 5.90. The number of methoxy groups -OCH3 is 1. The van der Waals surface area contributed by atoms with E-state index in [0.717, 1.165) is 31.6 Å². The van der Waals surface area contributed by atoms with Crippen LogP contribution in [-0.2, 0) is 33.2 Å². The van der Waals surface area contributed by atoms with Crippen LogP contribution in [0, 0.1) is 5.92 Å². The molecule has 0 aromatic heterocycles. The van der Waals surface area contributed by atoms with Gasteiger partial charge in [-0.15, -0.1) is 0 Å². The first kappa shape index (κ1) is 32.4. The summed E-state index contributed by atoms with van der Waals surface area (Å²) in [5.74, 6) is -1.63. The molecule has 250 valence electrons. The van der Waals surface area contributed by atoms with Crippen LogP contribution >= 0.6 is 0 Å². The third kappa shape index (κ3) is 6.13. The first-order chi connectivity index (χ1) is 21.7. The summed E-state index contributed by atoms with van der Waals surface area (Å²) in [5, 5.41) is 0. The molecule has 4 aliphatic rings. The lowest BCUT2D eigenvalue weighted by Gasteiger charge is -2.48. The highest BCUT2D eigenvalue weighted by Crippen LogP contribution is 2.49. The normalized spacial score (nSPS) is 25.9. The number of piperazine rings is 1. The lowest BCUT2D eigenvalue weighted by molar-refractivity contribution is -0.180. The van der Waals surface area contributed by atoms with Crippen molar-refractivity contribution in [2.24, 2.45) is 5.92 Å². The van der Waals surface area contributed by atoms with Crippen LogP contribution in [0.1, 0.15) is 59.7 Å². The smallest absolute Gasteiger partial charge is 0.419 e. The van der Waals surface area contributed by atoms with Gasteiger partial charge in [0, 0.05) is 43.0 Å². The zero-order valence-corrected chi connectivity index (χ0v) is 25.4. The second kappa shape index (κ2) is 11.9. The van der Waals surface area contributed by atoms with Crippen molar-refractivity contribution in [1.29, 1.82) is 0 Å². The number of amides is 1. The van der Waals surface area contributed by atoms with Crippen LogP contribution in [0.4, 0.5) is 32.0 Å². The topological polar surface area (TPSA) is 71.6 Å². The van der Waals surface area contributed by atoms with E-state index < -0.39 is 60.0 Å². The predicted octanol–water partition coefficient (Wildman–Crippen LogP) is 5.73. The standard InChI is InChI=1S/C32H35F6N3O5/c1-19-15-39(10-11-41(19)24-5-3-4-20(13-24)28(42)44-2)25-8-9-30(46-17-25,22-6-7-22)29(43)40-16-21-12-23(31(33,34)35)14-26(32(36,37)38)27(21)45-18-40/h3-5,12-14,19,22,25H,6-11,15-18H2,1-2H3/t19-,25+,30-/m0/s1. The SMILES string of the molecule is COC(=O)c1cccc(N2CCN([C@@H]3CC[C@@](C(=O)N4COc5c(cc(C(F)(F)F)cc5C(F)(F)F)C4)(C4CC4)OC3)C[C@@H]2C)c1. The minimum atomic E-state index is -5.07. The summed E-state index contributed by atoms with van der Waals surface area (Å²) >= 11 is 0. The van der Waals surface area contributed by atoms with Crippen LogP contribution < -0.4 is 9.64 Å². The van der Waals surface area contributed by atoms with Crippen LogP contribution in [-0.4, -0.2) is 79.4 Å². The van der Waals surface area contributed by atoms with Crippen molar-refractivity contribution in [2.75, 3.05) is 45.0 Å². The van der Waals surface area contributed by atoms with E-state index in [1.807, 2.05) is 18.2 Å². The van der Waals surface area contributed by atoms with Gasteiger partial charge in [0.25, 0.3) is 5.91 Å². The van der Waals surface area contributed by atoms with Crippen LogP contribution in [0.3, 0.4) is 0 Å². The number of benzene rings is 2. The molecule has 2 aromatic carbocycles. The molecule has 3 aliphatic heterocycles. The Morgan fingerprint density at radius 1 is 1.00 bits per heavy atom. The Kier molecular flexibility index (Phi) is 8.41. The summed E-state index contributed by atoms with van der Waals surface area (Å²) in [5.41, 5.74) is -3.11. The number of hydrogen-bond acceptors (Lipinski definition) is 7. The highest BCUT2D eigenvalue weighted by Gasteiger charge is 2.56. The molecule has 3 fully saturated rings. The molecule has 0 unspecified atom stereocenters. The molecule has 14 heteroatoms. The number of rotatable bonds is 5. The van der Waals surface area contributed by atoms with Crippen LogP contribution in [0.25, 0.3) is 0 Å². The second-order valence-corrected chi connectivity index (χ2v) is 12.5. The second-order valence-electron chi connectivity index (χ2n) is 12.5. The first-order valence-corrected chi connectivity index (χ1v) is 15.3. The first-order valence-electron chi connectivity index (χ1n) is 15.3. The Balaban J connectivity index is 1.13. The number of anilines is 1. The molecule has 2 saturated heterocycles. The lowest BCUT2D eigenvalue weighted by atomic mass is 9.85. The van der Waals surface area contributed by atoms with E-state index >= 15 is 0 Å². The maximum atomic E-state index is 14.0.